The van der Waals surface area contributed by atoms with Crippen molar-refractivity contribution in [1.82, 2.24) is 0 Å². The lowest BCUT2D eigenvalue weighted by molar-refractivity contribution is 0.773. The molecule has 0 heterocycles. The van der Waals surface area contributed by atoms with Crippen molar-refractivity contribution in [3.63, 3.8) is 0 Å². The molecule has 138 valence electrons. The number of hydrogen-bond acceptors (Lipinski definition) is 0. The zero-order valence-corrected chi connectivity index (χ0v) is 18.3. The Labute approximate surface area is 149 Å². The monoisotopic (exact) mass is 322 g/mol. The van der Waals surface area contributed by atoms with Crippen molar-refractivity contribution in [2.75, 3.05) is 0 Å². The van der Waals surface area contributed by atoms with Gasteiger partial charge in [-0.05, 0) is 67.2 Å². The van der Waals surface area contributed by atoms with Gasteiger partial charge in [0.25, 0.3) is 0 Å². The summed E-state index contributed by atoms with van der Waals surface area (Å²) in [6, 6.07) is 0. The summed E-state index contributed by atoms with van der Waals surface area (Å²) in [6.07, 6.45) is 7.90. The SMILES string of the molecule is C/C=C(\C)CCC.C=C(C)C(C)C.C=C(C)CC.CC=C(C)C. The van der Waals surface area contributed by atoms with Gasteiger partial charge in [0.05, 0.1) is 0 Å². The lowest BCUT2D eigenvalue weighted by atomic mass is 10.1. The third-order valence-electron chi connectivity index (χ3n) is 3.30. The highest BCUT2D eigenvalue weighted by Crippen LogP contribution is 2.02. The van der Waals surface area contributed by atoms with Gasteiger partial charge in [-0.1, -0.05) is 75.1 Å². The third-order valence-corrected chi connectivity index (χ3v) is 3.30. The third kappa shape index (κ3) is 52.7. The first-order valence-electron chi connectivity index (χ1n) is 9.00. The fraction of sp³-hybridized carbons (Fsp3) is 0.652. The molecule has 0 spiro atoms. The van der Waals surface area contributed by atoms with Crippen LogP contribution < -0.4 is 0 Å². The number of hydrogen-bond donors (Lipinski definition) is 0. The molecule has 0 heteroatoms. The average Bonchev–Trinajstić information content (AvgIpc) is 2.48. The molecule has 23 heavy (non-hydrogen) atoms. The van der Waals surface area contributed by atoms with Crippen molar-refractivity contribution in [2.24, 2.45) is 5.92 Å². The summed E-state index contributed by atoms with van der Waals surface area (Å²) in [5.74, 6) is 0.657. The molecule has 0 aromatic carbocycles. The quantitative estimate of drug-likeness (QED) is 0.453. The Morgan fingerprint density at radius 3 is 1.22 bits per heavy atom. The highest BCUT2D eigenvalue weighted by atomic mass is 13.9. The standard InChI is InChI=1S/C7H14.C6H12.2C5H10/c1-4-6-7(3)5-2;1-5(2)6(3)4;2*1-4-5(2)3/h5H,4,6H2,1-3H3;6H,1H2,2-4H3;4H,1-3H3;2,4H2,1,3H3/b7-5+;;;. The maximum atomic E-state index is 3.75. The Morgan fingerprint density at radius 2 is 1.17 bits per heavy atom. The lowest BCUT2D eigenvalue weighted by Gasteiger charge is -1.97. The molecule has 0 aromatic heterocycles. The van der Waals surface area contributed by atoms with Gasteiger partial charge in [0, 0.05) is 0 Å². The molecular weight excluding hydrogens is 276 g/mol. The largest absolute Gasteiger partial charge is 0.100 e. The summed E-state index contributed by atoms with van der Waals surface area (Å²) in [6.45, 7) is 30.5. The van der Waals surface area contributed by atoms with Crippen LogP contribution in [-0.2, 0) is 0 Å². The van der Waals surface area contributed by atoms with E-state index in [-0.39, 0.29) is 0 Å². The van der Waals surface area contributed by atoms with Gasteiger partial charge in [0.2, 0.25) is 0 Å². The molecule has 0 aliphatic heterocycles. The lowest BCUT2D eigenvalue weighted by Crippen LogP contribution is -1.83. The van der Waals surface area contributed by atoms with E-state index in [1.165, 1.54) is 35.1 Å². The van der Waals surface area contributed by atoms with E-state index in [4.69, 9.17) is 0 Å². The Hall–Kier alpha value is -1.04. The first kappa shape index (κ1) is 29.9. The Morgan fingerprint density at radius 1 is 0.870 bits per heavy atom. The molecule has 0 radical (unpaired) electrons. The van der Waals surface area contributed by atoms with E-state index in [1.54, 1.807) is 0 Å². The molecule has 0 N–H and O–H groups in total. The molecule has 0 unspecified atom stereocenters. The van der Waals surface area contributed by atoms with Crippen LogP contribution >= 0.6 is 0 Å². The molecule has 0 aliphatic rings. The van der Waals surface area contributed by atoms with Gasteiger partial charge in [-0.25, -0.2) is 0 Å². The van der Waals surface area contributed by atoms with E-state index in [0.29, 0.717) is 5.92 Å². The normalized spacial score (nSPS) is 9.30. The summed E-state index contributed by atoms with van der Waals surface area (Å²) < 4.78 is 0. The minimum Gasteiger partial charge on any atom is -0.100 e. The van der Waals surface area contributed by atoms with Crippen LogP contribution in [0.5, 0.6) is 0 Å². The van der Waals surface area contributed by atoms with Gasteiger partial charge in [-0.15, -0.1) is 6.58 Å². The van der Waals surface area contributed by atoms with Gasteiger partial charge >= 0.3 is 0 Å². The Balaban J connectivity index is -0.000000106. The number of allylic oxidation sites excluding steroid dienone is 6. The second-order valence-electron chi connectivity index (χ2n) is 6.56. The maximum Gasteiger partial charge on any atom is -0.0266 e. The molecule has 0 atom stereocenters. The van der Waals surface area contributed by atoms with Crippen LogP contribution in [0.2, 0.25) is 0 Å². The van der Waals surface area contributed by atoms with Gasteiger partial charge < -0.3 is 0 Å². The first-order valence-corrected chi connectivity index (χ1v) is 9.00. The molecule has 0 amide bonds. The Bertz CT molecular complexity index is 320. The summed E-state index contributed by atoms with van der Waals surface area (Å²) in [5.41, 5.74) is 5.40. The van der Waals surface area contributed by atoms with E-state index in [9.17, 15) is 0 Å². The molecule has 0 aliphatic carbocycles. The van der Waals surface area contributed by atoms with Crippen LogP contribution in [0.25, 0.3) is 0 Å². The van der Waals surface area contributed by atoms with Crippen LogP contribution in [0.3, 0.4) is 0 Å². The van der Waals surface area contributed by atoms with Crippen molar-refractivity contribution in [1.29, 1.82) is 0 Å². The van der Waals surface area contributed by atoms with E-state index in [2.05, 4.69) is 80.7 Å². The highest BCUT2D eigenvalue weighted by molar-refractivity contribution is 4.94. The summed E-state index contributed by atoms with van der Waals surface area (Å²) in [5, 5.41) is 0. The van der Waals surface area contributed by atoms with Crippen molar-refractivity contribution in [3.05, 3.63) is 47.6 Å². The summed E-state index contributed by atoms with van der Waals surface area (Å²) in [7, 11) is 0. The molecule has 0 saturated heterocycles. The molecule has 0 fully saturated rings. The molecule has 0 aromatic rings. The minimum atomic E-state index is 0.657. The van der Waals surface area contributed by atoms with Crippen molar-refractivity contribution >= 4 is 0 Å². The van der Waals surface area contributed by atoms with E-state index in [0.717, 1.165) is 6.42 Å². The highest BCUT2D eigenvalue weighted by Gasteiger charge is 1.87. The van der Waals surface area contributed by atoms with E-state index in [1.807, 2.05) is 20.8 Å². The fourth-order valence-electron chi connectivity index (χ4n) is 0.539. The number of rotatable bonds is 4. The summed E-state index contributed by atoms with van der Waals surface area (Å²) in [4.78, 5) is 0. The molecule has 0 nitrogen and oxygen atoms in total. The van der Waals surface area contributed by atoms with Crippen LogP contribution in [0.15, 0.2) is 47.6 Å². The van der Waals surface area contributed by atoms with Gasteiger partial charge in [0.15, 0.2) is 0 Å². The molecule has 0 saturated carbocycles. The van der Waals surface area contributed by atoms with Crippen LogP contribution in [-0.4, -0.2) is 0 Å². The van der Waals surface area contributed by atoms with E-state index >= 15 is 0 Å². The second kappa shape index (κ2) is 23.2. The minimum absolute atomic E-state index is 0.657. The smallest absolute Gasteiger partial charge is 0.0266 e. The molecular formula is C23H46. The predicted octanol–water partition coefficient (Wildman–Crippen LogP) is 8.92. The first-order chi connectivity index (χ1) is 10.5. The van der Waals surface area contributed by atoms with Crippen LogP contribution in [0.4, 0.5) is 0 Å². The van der Waals surface area contributed by atoms with Gasteiger partial charge in [-0.2, -0.15) is 0 Å². The molecule has 0 rings (SSSR count). The summed E-state index contributed by atoms with van der Waals surface area (Å²) >= 11 is 0. The van der Waals surface area contributed by atoms with Crippen molar-refractivity contribution < 1.29 is 0 Å². The van der Waals surface area contributed by atoms with Crippen molar-refractivity contribution in [2.45, 2.75) is 95.4 Å². The Kier molecular flexibility index (Phi) is 30.2. The van der Waals surface area contributed by atoms with Crippen molar-refractivity contribution in [3.8, 4) is 0 Å². The van der Waals surface area contributed by atoms with Gasteiger partial charge in [-0.3, -0.25) is 0 Å². The van der Waals surface area contributed by atoms with Gasteiger partial charge in [0.1, 0.15) is 0 Å². The zero-order chi connectivity index (χ0) is 19.4. The molecule has 0 bridgehead atoms. The fourth-order valence-corrected chi connectivity index (χ4v) is 0.539. The average molecular weight is 323 g/mol. The van der Waals surface area contributed by atoms with Crippen LogP contribution in [0.1, 0.15) is 95.4 Å². The van der Waals surface area contributed by atoms with Crippen LogP contribution in [0, 0.1) is 5.92 Å². The second-order valence-corrected chi connectivity index (χ2v) is 6.56. The zero-order valence-electron chi connectivity index (χ0n) is 18.3. The topological polar surface area (TPSA) is 0 Å². The predicted molar refractivity (Wildman–Crippen MR) is 114 cm³/mol. The van der Waals surface area contributed by atoms with E-state index < -0.39 is 0 Å². The maximum absolute atomic E-state index is 3.75.